The van der Waals surface area contributed by atoms with E-state index in [4.69, 9.17) is 4.74 Å². The largest absolute Gasteiger partial charge is 0.457 e. The molecule has 0 spiro atoms. The van der Waals surface area contributed by atoms with Gasteiger partial charge in [-0.2, -0.15) is 0 Å². The number of carbonyl (C=O) groups is 1. The Hall–Kier alpha value is -2.04. The molecule has 1 fully saturated rings. The van der Waals surface area contributed by atoms with Gasteiger partial charge in [-0.3, -0.25) is 4.79 Å². The first-order valence-electron chi connectivity index (χ1n) is 8.63. The SMILES string of the molecule is Cl.O=C(NCCC1CCCNC1)c1ccc(Oc2ccccc2)cc1. The lowest BCUT2D eigenvalue weighted by atomic mass is 9.96. The normalized spacial score (nSPS) is 16.6. The van der Waals surface area contributed by atoms with Crippen LogP contribution in [0.2, 0.25) is 0 Å². The number of nitrogens with one attached hydrogen (secondary N) is 2. The van der Waals surface area contributed by atoms with Gasteiger partial charge in [-0.25, -0.2) is 0 Å². The number of rotatable bonds is 6. The van der Waals surface area contributed by atoms with Crippen molar-refractivity contribution in [3.63, 3.8) is 0 Å². The molecule has 4 nitrogen and oxygen atoms in total. The summed E-state index contributed by atoms with van der Waals surface area (Å²) in [6, 6.07) is 16.9. The second-order valence-corrected chi connectivity index (χ2v) is 6.20. The van der Waals surface area contributed by atoms with Crippen molar-refractivity contribution in [2.24, 2.45) is 5.92 Å². The lowest BCUT2D eigenvalue weighted by Gasteiger charge is -2.22. The Morgan fingerprint density at radius 2 is 1.80 bits per heavy atom. The maximum atomic E-state index is 12.2. The maximum Gasteiger partial charge on any atom is 0.251 e. The summed E-state index contributed by atoms with van der Waals surface area (Å²) in [5, 5.41) is 6.41. The van der Waals surface area contributed by atoms with Crippen molar-refractivity contribution >= 4 is 18.3 Å². The molecule has 0 saturated carbocycles. The summed E-state index contributed by atoms with van der Waals surface area (Å²) in [5.41, 5.74) is 0.664. The van der Waals surface area contributed by atoms with Crippen LogP contribution in [0.15, 0.2) is 54.6 Å². The van der Waals surface area contributed by atoms with Crippen LogP contribution in [0.5, 0.6) is 11.5 Å². The number of hydrogen-bond acceptors (Lipinski definition) is 3. The van der Waals surface area contributed by atoms with Crippen LogP contribution in [0.25, 0.3) is 0 Å². The molecule has 1 heterocycles. The van der Waals surface area contributed by atoms with Crippen molar-refractivity contribution in [1.82, 2.24) is 10.6 Å². The van der Waals surface area contributed by atoms with E-state index in [1.807, 2.05) is 42.5 Å². The highest BCUT2D eigenvalue weighted by atomic mass is 35.5. The number of piperidine rings is 1. The van der Waals surface area contributed by atoms with Gasteiger partial charge in [0, 0.05) is 12.1 Å². The first kappa shape index (κ1) is 19.3. The molecule has 2 aromatic rings. The lowest BCUT2D eigenvalue weighted by molar-refractivity contribution is 0.0950. The molecule has 1 aliphatic rings. The quantitative estimate of drug-likeness (QED) is 0.818. The Kier molecular flexibility index (Phi) is 7.76. The summed E-state index contributed by atoms with van der Waals surface area (Å²) >= 11 is 0. The third-order valence-electron chi connectivity index (χ3n) is 4.33. The van der Waals surface area contributed by atoms with Crippen molar-refractivity contribution in [2.45, 2.75) is 19.3 Å². The molecular formula is C20H25ClN2O2. The Labute approximate surface area is 155 Å². The predicted molar refractivity (Wildman–Crippen MR) is 103 cm³/mol. The minimum absolute atomic E-state index is 0. The van der Waals surface area contributed by atoms with E-state index >= 15 is 0 Å². The number of para-hydroxylation sites is 1. The number of hydrogen-bond donors (Lipinski definition) is 2. The molecule has 25 heavy (non-hydrogen) atoms. The van der Waals surface area contributed by atoms with Gasteiger partial charge in [0.1, 0.15) is 11.5 Å². The van der Waals surface area contributed by atoms with E-state index in [2.05, 4.69) is 10.6 Å². The number of carbonyl (C=O) groups excluding carboxylic acids is 1. The average Bonchev–Trinajstić information content (AvgIpc) is 2.64. The fourth-order valence-corrected chi connectivity index (χ4v) is 2.96. The monoisotopic (exact) mass is 360 g/mol. The number of amides is 1. The van der Waals surface area contributed by atoms with E-state index in [0.717, 1.165) is 37.6 Å². The van der Waals surface area contributed by atoms with E-state index in [9.17, 15) is 4.79 Å². The van der Waals surface area contributed by atoms with Gasteiger partial charge < -0.3 is 15.4 Å². The second kappa shape index (κ2) is 10.1. The molecule has 1 amide bonds. The summed E-state index contributed by atoms with van der Waals surface area (Å²) in [6.07, 6.45) is 3.53. The summed E-state index contributed by atoms with van der Waals surface area (Å²) < 4.78 is 5.73. The lowest BCUT2D eigenvalue weighted by Crippen LogP contribution is -2.33. The Balaban J connectivity index is 0.00000225. The average molecular weight is 361 g/mol. The molecule has 2 aromatic carbocycles. The molecule has 5 heteroatoms. The zero-order valence-electron chi connectivity index (χ0n) is 14.2. The Bertz CT molecular complexity index is 641. The molecule has 0 aromatic heterocycles. The van der Waals surface area contributed by atoms with Crippen LogP contribution in [-0.2, 0) is 0 Å². The first-order chi connectivity index (χ1) is 11.8. The molecule has 1 saturated heterocycles. The Morgan fingerprint density at radius 1 is 1.08 bits per heavy atom. The van der Waals surface area contributed by atoms with Crippen LogP contribution < -0.4 is 15.4 Å². The molecule has 0 bridgehead atoms. The third kappa shape index (κ3) is 6.07. The van der Waals surface area contributed by atoms with E-state index < -0.39 is 0 Å². The van der Waals surface area contributed by atoms with Crippen molar-refractivity contribution in [1.29, 1.82) is 0 Å². The highest BCUT2D eigenvalue weighted by molar-refractivity contribution is 5.94. The van der Waals surface area contributed by atoms with Crippen molar-refractivity contribution in [3.8, 4) is 11.5 Å². The fraction of sp³-hybridized carbons (Fsp3) is 0.350. The number of ether oxygens (including phenoxy) is 1. The molecular weight excluding hydrogens is 336 g/mol. The van der Waals surface area contributed by atoms with Gasteiger partial charge in [0.25, 0.3) is 5.91 Å². The summed E-state index contributed by atoms with van der Waals surface area (Å²) in [4.78, 5) is 12.2. The molecule has 1 aliphatic heterocycles. The van der Waals surface area contributed by atoms with Crippen LogP contribution in [-0.4, -0.2) is 25.5 Å². The van der Waals surface area contributed by atoms with Crippen LogP contribution in [0.1, 0.15) is 29.6 Å². The molecule has 1 unspecified atom stereocenters. The second-order valence-electron chi connectivity index (χ2n) is 6.20. The molecule has 1 atom stereocenters. The number of halogens is 1. The summed E-state index contributed by atoms with van der Waals surface area (Å²) in [7, 11) is 0. The minimum Gasteiger partial charge on any atom is -0.457 e. The van der Waals surface area contributed by atoms with Crippen molar-refractivity contribution < 1.29 is 9.53 Å². The van der Waals surface area contributed by atoms with Gasteiger partial charge >= 0.3 is 0 Å². The van der Waals surface area contributed by atoms with Gasteiger partial charge in [0.15, 0.2) is 0 Å². The Morgan fingerprint density at radius 3 is 2.48 bits per heavy atom. The summed E-state index contributed by atoms with van der Waals surface area (Å²) in [5.74, 6) is 2.17. The molecule has 134 valence electrons. The highest BCUT2D eigenvalue weighted by Crippen LogP contribution is 2.21. The smallest absolute Gasteiger partial charge is 0.251 e. The number of benzene rings is 2. The zero-order valence-corrected chi connectivity index (χ0v) is 15.1. The minimum atomic E-state index is -0.0231. The van der Waals surface area contributed by atoms with Gasteiger partial charge in [0.05, 0.1) is 0 Å². The zero-order chi connectivity index (χ0) is 16.6. The third-order valence-corrected chi connectivity index (χ3v) is 4.33. The molecule has 3 rings (SSSR count). The van der Waals surface area contributed by atoms with E-state index in [1.54, 1.807) is 12.1 Å². The standard InChI is InChI=1S/C20H24N2O2.ClH/c23-20(22-14-12-16-5-4-13-21-15-16)17-8-10-19(11-9-17)24-18-6-2-1-3-7-18;/h1-3,6-11,16,21H,4-5,12-15H2,(H,22,23);1H. The first-order valence-corrected chi connectivity index (χ1v) is 8.63. The van der Waals surface area contributed by atoms with Crippen molar-refractivity contribution in [2.75, 3.05) is 19.6 Å². The topological polar surface area (TPSA) is 50.4 Å². The van der Waals surface area contributed by atoms with Crippen LogP contribution >= 0.6 is 12.4 Å². The molecule has 2 N–H and O–H groups in total. The van der Waals surface area contributed by atoms with Crippen LogP contribution in [0, 0.1) is 5.92 Å². The van der Waals surface area contributed by atoms with Gasteiger partial charge in [-0.15, -0.1) is 12.4 Å². The van der Waals surface area contributed by atoms with Gasteiger partial charge in [-0.05, 0) is 74.7 Å². The molecule has 0 radical (unpaired) electrons. The van der Waals surface area contributed by atoms with E-state index in [0.29, 0.717) is 11.5 Å². The van der Waals surface area contributed by atoms with Gasteiger partial charge in [-0.1, -0.05) is 18.2 Å². The van der Waals surface area contributed by atoms with Crippen LogP contribution in [0.3, 0.4) is 0 Å². The maximum absolute atomic E-state index is 12.2. The van der Waals surface area contributed by atoms with Gasteiger partial charge in [0.2, 0.25) is 0 Å². The fourth-order valence-electron chi connectivity index (χ4n) is 2.96. The van der Waals surface area contributed by atoms with Crippen molar-refractivity contribution in [3.05, 3.63) is 60.2 Å². The molecule has 0 aliphatic carbocycles. The highest BCUT2D eigenvalue weighted by Gasteiger charge is 2.13. The van der Waals surface area contributed by atoms with E-state index in [-0.39, 0.29) is 18.3 Å². The van der Waals surface area contributed by atoms with Crippen LogP contribution in [0.4, 0.5) is 0 Å². The summed E-state index contributed by atoms with van der Waals surface area (Å²) in [6.45, 7) is 2.93. The predicted octanol–water partition coefficient (Wildman–Crippen LogP) is 4.02. The van der Waals surface area contributed by atoms with E-state index in [1.165, 1.54) is 12.8 Å².